The van der Waals surface area contributed by atoms with Crippen LogP contribution in [0.25, 0.3) is 0 Å². The maximum atomic E-state index is 11.9. The van der Waals surface area contributed by atoms with Crippen molar-refractivity contribution in [3.63, 3.8) is 0 Å². The second-order valence-corrected chi connectivity index (χ2v) is 7.79. The van der Waals surface area contributed by atoms with Crippen LogP contribution in [0.5, 0.6) is 5.75 Å². The number of methoxy groups -OCH3 is 1. The molecule has 136 valence electrons. The molecule has 1 saturated heterocycles. The molecule has 0 aromatic heterocycles. The Hall–Kier alpha value is -1.53. The molecule has 2 aliphatic rings. The van der Waals surface area contributed by atoms with Gasteiger partial charge < -0.3 is 18.8 Å². The summed E-state index contributed by atoms with van der Waals surface area (Å²) < 4.78 is 23.0. The smallest absolute Gasteiger partial charge is 0.497 e. The molecule has 0 N–H and O–H groups in total. The Balaban J connectivity index is 1.84. The molecule has 1 aliphatic carbocycles. The molecule has 1 aromatic rings. The van der Waals surface area contributed by atoms with Gasteiger partial charge in [-0.25, -0.2) is 0 Å². The van der Waals surface area contributed by atoms with Crippen LogP contribution in [0.4, 0.5) is 0 Å². The molecule has 1 aromatic carbocycles. The minimum Gasteiger partial charge on any atom is -0.497 e. The first-order valence-corrected chi connectivity index (χ1v) is 8.90. The average molecular weight is 346 g/mol. The van der Waals surface area contributed by atoms with Crippen LogP contribution < -0.4 is 10.2 Å². The van der Waals surface area contributed by atoms with Crippen LogP contribution in [0, 0.1) is 5.92 Å². The van der Waals surface area contributed by atoms with Gasteiger partial charge in [-0.05, 0) is 58.6 Å². The summed E-state index contributed by atoms with van der Waals surface area (Å²) in [5.74, 6) is 0.779. The largest absolute Gasteiger partial charge is 0.498 e. The monoisotopic (exact) mass is 346 g/mol. The fourth-order valence-electron chi connectivity index (χ4n) is 3.21. The van der Waals surface area contributed by atoms with Gasteiger partial charge in [-0.15, -0.1) is 0 Å². The van der Waals surface area contributed by atoms with Crippen molar-refractivity contribution >= 4 is 18.6 Å². The standard InChI is InChI=1S/C19H27BO5/c1-7-23-17(21)14-11-13(14)12-8-9-16(22-6)15(10-12)20-24-18(2,3)19(4,5)25-20/h8-10,13-14H,7,11H2,1-6H3/t13-,14+/m0/s1. The fraction of sp³-hybridized carbons (Fsp3) is 0.632. The lowest BCUT2D eigenvalue weighted by Crippen LogP contribution is -2.41. The molecule has 6 heteroatoms. The van der Waals surface area contributed by atoms with Gasteiger partial charge in [0, 0.05) is 5.46 Å². The van der Waals surface area contributed by atoms with E-state index in [1.165, 1.54) is 0 Å². The summed E-state index contributed by atoms with van der Waals surface area (Å²) in [5.41, 5.74) is 1.15. The number of benzene rings is 1. The predicted molar refractivity (Wildman–Crippen MR) is 96.2 cm³/mol. The summed E-state index contributed by atoms with van der Waals surface area (Å²) in [6.45, 7) is 10.4. The van der Waals surface area contributed by atoms with Gasteiger partial charge in [0.1, 0.15) is 5.75 Å². The van der Waals surface area contributed by atoms with Gasteiger partial charge >= 0.3 is 13.1 Å². The maximum Gasteiger partial charge on any atom is 0.498 e. The number of esters is 1. The molecule has 0 amide bonds. The molecular weight excluding hydrogens is 319 g/mol. The highest BCUT2D eigenvalue weighted by atomic mass is 16.7. The molecule has 5 nitrogen and oxygen atoms in total. The van der Waals surface area contributed by atoms with E-state index in [0.29, 0.717) is 6.61 Å². The first-order chi connectivity index (χ1) is 11.7. The summed E-state index contributed by atoms with van der Waals surface area (Å²) >= 11 is 0. The molecule has 0 unspecified atom stereocenters. The molecule has 1 saturated carbocycles. The third-order valence-electron chi connectivity index (χ3n) is 5.57. The first kappa shape index (κ1) is 18.3. The number of carbonyl (C=O) groups excluding carboxylic acids is 1. The Morgan fingerprint density at radius 3 is 2.44 bits per heavy atom. The predicted octanol–water partition coefficient (Wildman–Crippen LogP) is 2.66. The number of ether oxygens (including phenoxy) is 2. The molecule has 2 atom stereocenters. The summed E-state index contributed by atoms with van der Waals surface area (Å²) in [6.07, 6.45) is 0.827. The fourth-order valence-corrected chi connectivity index (χ4v) is 3.21. The van der Waals surface area contributed by atoms with Crippen molar-refractivity contribution in [2.45, 2.75) is 58.2 Å². The Kier molecular flexibility index (Phi) is 4.62. The van der Waals surface area contributed by atoms with Gasteiger partial charge in [0.2, 0.25) is 0 Å². The Bertz CT molecular complexity index is 654. The highest BCUT2D eigenvalue weighted by Crippen LogP contribution is 2.48. The quantitative estimate of drug-likeness (QED) is 0.606. The van der Waals surface area contributed by atoms with E-state index in [0.717, 1.165) is 23.2 Å². The van der Waals surface area contributed by atoms with E-state index in [1.807, 2.05) is 52.8 Å². The van der Waals surface area contributed by atoms with E-state index in [4.69, 9.17) is 18.8 Å². The first-order valence-electron chi connectivity index (χ1n) is 8.90. The molecular formula is C19H27BO5. The molecule has 1 aliphatic heterocycles. The van der Waals surface area contributed by atoms with E-state index in [2.05, 4.69) is 0 Å². The molecule has 0 radical (unpaired) electrons. The van der Waals surface area contributed by atoms with Crippen molar-refractivity contribution in [2.75, 3.05) is 13.7 Å². The summed E-state index contributed by atoms with van der Waals surface area (Å²) in [7, 11) is 1.15. The number of carbonyl (C=O) groups is 1. The highest BCUT2D eigenvalue weighted by Gasteiger charge is 2.53. The number of hydrogen-bond acceptors (Lipinski definition) is 5. The molecule has 2 fully saturated rings. The van der Waals surface area contributed by atoms with E-state index >= 15 is 0 Å². The lowest BCUT2D eigenvalue weighted by atomic mass is 9.77. The molecule has 25 heavy (non-hydrogen) atoms. The van der Waals surface area contributed by atoms with Crippen molar-refractivity contribution in [3.8, 4) is 5.75 Å². The zero-order valence-electron chi connectivity index (χ0n) is 15.9. The van der Waals surface area contributed by atoms with Crippen molar-refractivity contribution in [1.82, 2.24) is 0 Å². The Morgan fingerprint density at radius 2 is 1.88 bits per heavy atom. The van der Waals surface area contributed by atoms with Gasteiger partial charge in [-0.1, -0.05) is 12.1 Å². The van der Waals surface area contributed by atoms with Crippen LogP contribution in [0.1, 0.15) is 52.5 Å². The second kappa shape index (κ2) is 6.33. The lowest BCUT2D eigenvalue weighted by Gasteiger charge is -2.32. The minimum absolute atomic E-state index is 0.0421. The van der Waals surface area contributed by atoms with Crippen LogP contribution in [0.3, 0.4) is 0 Å². The zero-order valence-corrected chi connectivity index (χ0v) is 15.9. The molecule has 3 rings (SSSR count). The maximum absolute atomic E-state index is 11.9. The number of hydrogen-bond donors (Lipinski definition) is 0. The SMILES string of the molecule is CCOC(=O)[C@@H]1C[C@H]1c1ccc(OC)c(B2OC(C)(C)C(C)(C)O2)c1. The van der Waals surface area contributed by atoms with Gasteiger partial charge in [0.05, 0.1) is 30.8 Å². The van der Waals surface area contributed by atoms with E-state index in [-0.39, 0.29) is 17.8 Å². The van der Waals surface area contributed by atoms with Crippen molar-refractivity contribution < 1.29 is 23.6 Å². The Morgan fingerprint density at radius 1 is 1.24 bits per heavy atom. The zero-order chi connectivity index (χ0) is 18.4. The minimum atomic E-state index is -0.486. The van der Waals surface area contributed by atoms with Crippen molar-refractivity contribution in [1.29, 1.82) is 0 Å². The van der Waals surface area contributed by atoms with Crippen LogP contribution >= 0.6 is 0 Å². The van der Waals surface area contributed by atoms with Gasteiger partial charge in [-0.3, -0.25) is 4.79 Å². The van der Waals surface area contributed by atoms with Crippen LogP contribution in [0.15, 0.2) is 18.2 Å². The van der Waals surface area contributed by atoms with Crippen molar-refractivity contribution in [3.05, 3.63) is 23.8 Å². The third-order valence-corrected chi connectivity index (χ3v) is 5.57. The topological polar surface area (TPSA) is 54.0 Å². The van der Waals surface area contributed by atoms with E-state index < -0.39 is 18.3 Å². The average Bonchev–Trinajstić information content (AvgIpc) is 3.30. The van der Waals surface area contributed by atoms with Crippen molar-refractivity contribution in [2.24, 2.45) is 5.92 Å². The molecule has 1 heterocycles. The van der Waals surface area contributed by atoms with Gasteiger partial charge in [-0.2, -0.15) is 0 Å². The highest BCUT2D eigenvalue weighted by molar-refractivity contribution is 6.63. The molecule has 0 spiro atoms. The van der Waals surface area contributed by atoms with Gasteiger partial charge in [0.15, 0.2) is 0 Å². The van der Waals surface area contributed by atoms with Crippen LogP contribution in [-0.2, 0) is 18.8 Å². The van der Waals surface area contributed by atoms with E-state index in [1.54, 1.807) is 7.11 Å². The van der Waals surface area contributed by atoms with Crippen LogP contribution in [0.2, 0.25) is 0 Å². The number of rotatable bonds is 5. The van der Waals surface area contributed by atoms with E-state index in [9.17, 15) is 4.79 Å². The molecule has 0 bridgehead atoms. The summed E-state index contributed by atoms with van der Waals surface area (Å²) in [5, 5.41) is 0. The van der Waals surface area contributed by atoms with Crippen LogP contribution in [-0.4, -0.2) is 38.0 Å². The van der Waals surface area contributed by atoms with Gasteiger partial charge in [0.25, 0.3) is 0 Å². The normalized spacial score (nSPS) is 26.4. The second-order valence-electron chi connectivity index (χ2n) is 7.79. The summed E-state index contributed by atoms with van der Waals surface area (Å²) in [6, 6.07) is 5.98. The Labute approximate surface area is 150 Å². The summed E-state index contributed by atoms with van der Waals surface area (Å²) in [4.78, 5) is 11.9. The lowest BCUT2D eigenvalue weighted by molar-refractivity contribution is -0.144. The third kappa shape index (κ3) is 3.29.